The van der Waals surface area contributed by atoms with E-state index in [2.05, 4.69) is 25.2 Å². The molecule has 0 aliphatic carbocycles. The van der Waals surface area contributed by atoms with E-state index in [1.165, 1.54) is 0 Å². The van der Waals surface area contributed by atoms with Gasteiger partial charge < -0.3 is 25.1 Å². The molecule has 0 aromatic carbocycles. The lowest BCUT2D eigenvalue weighted by molar-refractivity contribution is -0.910. The molecule has 0 radical (unpaired) electrons. The number of hydrogen-bond acceptors (Lipinski definition) is 6. The van der Waals surface area contributed by atoms with E-state index in [1.807, 2.05) is 32.0 Å². The van der Waals surface area contributed by atoms with Crippen LogP contribution in [0.15, 0.2) is 41.5 Å². The Morgan fingerprint density at radius 3 is 2.62 bits per heavy atom. The third-order valence-corrected chi connectivity index (χ3v) is 6.43. The number of amides is 1. The number of H-pyrrole nitrogens is 1. The summed E-state index contributed by atoms with van der Waals surface area (Å²) in [6.07, 6.45) is 4.07. The summed E-state index contributed by atoms with van der Waals surface area (Å²) >= 11 is 0. The van der Waals surface area contributed by atoms with Crippen LogP contribution < -0.4 is 15.8 Å². The summed E-state index contributed by atoms with van der Waals surface area (Å²) in [5.74, 6) is -0.226. The molecule has 168 valence electrons. The van der Waals surface area contributed by atoms with Crippen molar-refractivity contribution in [2.75, 3.05) is 38.1 Å². The molecule has 1 aliphatic rings. The molecule has 2 N–H and O–H groups in total. The Bertz CT molecular complexity index is 1180. The summed E-state index contributed by atoms with van der Waals surface area (Å²) in [6, 6.07) is 6.93. The summed E-state index contributed by atoms with van der Waals surface area (Å²) in [6.45, 7) is 5.87. The van der Waals surface area contributed by atoms with Crippen molar-refractivity contribution in [3.05, 3.63) is 69.0 Å². The van der Waals surface area contributed by atoms with Gasteiger partial charge in [0.15, 0.2) is 0 Å². The molecular weight excluding hydrogens is 408 g/mol. The van der Waals surface area contributed by atoms with Crippen LogP contribution in [0.25, 0.3) is 11.0 Å². The van der Waals surface area contributed by atoms with Crippen LogP contribution in [-0.4, -0.2) is 58.7 Å². The molecule has 0 bridgehead atoms. The van der Waals surface area contributed by atoms with E-state index in [-0.39, 0.29) is 22.2 Å². The van der Waals surface area contributed by atoms with Crippen molar-refractivity contribution >= 4 is 22.6 Å². The van der Waals surface area contributed by atoms with E-state index < -0.39 is 0 Å². The van der Waals surface area contributed by atoms with Gasteiger partial charge in [-0.1, -0.05) is 6.92 Å². The van der Waals surface area contributed by atoms with E-state index >= 15 is 0 Å². The van der Waals surface area contributed by atoms with E-state index in [9.17, 15) is 14.8 Å². The molecular formula is C23H28N6O3. The lowest BCUT2D eigenvalue weighted by Gasteiger charge is -2.52. The zero-order valence-corrected chi connectivity index (χ0v) is 18.6. The molecule has 1 fully saturated rings. The number of nitrogens with zero attached hydrogens (tertiary/aromatic N) is 4. The van der Waals surface area contributed by atoms with Gasteiger partial charge in [-0.25, -0.2) is 4.98 Å². The fourth-order valence-electron chi connectivity index (χ4n) is 4.19. The van der Waals surface area contributed by atoms with Gasteiger partial charge in [-0.05, 0) is 37.6 Å². The zero-order valence-electron chi connectivity index (χ0n) is 18.6. The van der Waals surface area contributed by atoms with Crippen molar-refractivity contribution in [3.63, 3.8) is 0 Å². The highest BCUT2D eigenvalue weighted by Gasteiger charge is 2.32. The molecule has 32 heavy (non-hydrogen) atoms. The molecule has 0 spiro atoms. The Hall–Kier alpha value is -3.30. The van der Waals surface area contributed by atoms with Gasteiger partial charge in [0.1, 0.15) is 11.7 Å². The van der Waals surface area contributed by atoms with E-state index in [4.69, 9.17) is 0 Å². The first-order chi connectivity index (χ1) is 15.3. The number of anilines is 1. The van der Waals surface area contributed by atoms with Crippen LogP contribution in [0.1, 0.15) is 41.5 Å². The Labute approximate surface area is 186 Å². The smallest absolute Gasteiger partial charge is 0.269 e. The maximum atomic E-state index is 13.6. The molecule has 3 aromatic heterocycles. The van der Waals surface area contributed by atoms with Crippen molar-refractivity contribution < 1.29 is 9.44 Å². The SMILES string of the molecule is CCc1cc2ncc([C@H](C)[N+]3([O-])CCN(c4ccc(C(=O)NC)nc4)CC3)cc2[nH]c1=O. The number of quaternary nitrogens is 1. The fraction of sp³-hybridized carbons (Fsp3) is 0.391. The second kappa shape index (κ2) is 8.68. The predicted octanol–water partition coefficient (Wildman–Crippen LogP) is 2.14. The maximum Gasteiger partial charge on any atom is 0.269 e. The number of aromatic nitrogens is 3. The van der Waals surface area contributed by atoms with Crippen LogP contribution >= 0.6 is 0 Å². The first kappa shape index (κ1) is 21.9. The van der Waals surface area contributed by atoms with Gasteiger partial charge in [-0.15, -0.1) is 0 Å². The molecule has 9 nitrogen and oxygen atoms in total. The minimum absolute atomic E-state index is 0.109. The molecule has 1 atom stereocenters. The van der Waals surface area contributed by atoms with Gasteiger partial charge in [0.05, 0.1) is 49.1 Å². The van der Waals surface area contributed by atoms with Gasteiger partial charge >= 0.3 is 0 Å². The minimum Gasteiger partial charge on any atom is -0.632 e. The number of aromatic amines is 1. The Balaban J connectivity index is 1.49. The minimum atomic E-state index is -0.356. The van der Waals surface area contributed by atoms with Gasteiger partial charge in [0.2, 0.25) is 0 Å². The van der Waals surface area contributed by atoms with Crippen molar-refractivity contribution in [3.8, 4) is 0 Å². The largest absolute Gasteiger partial charge is 0.632 e. The fourth-order valence-corrected chi connectivity index (χ4v) is 4.19. The van der Waals surface area contributed by atoms with E-state index in [0.717, 1.165) is 16.8 Å². The molecule has 0 unspecified atom stereocenters. The average molecular weight is 437 g/mol. The number of hydroxylamine groups is 3. The highest BCUT2D eigenvalue weighted by Crippen LogP contribution is 2.31. The number of fused-ring (bicyclic) bond motifs is 1. The highest BCUT2D eigenvalue weighted by molar-refractivity contribution is 5.92. The summed E-state index contributed by atoms with van der Waals surface area (Å²) in [7, 11) is 1.57. The first-order valence-corrected chi connectivity index (χ1v) is 10.9. The van der Waals surface area contributed by atoms with Gasteiger partial charge in [-0.2, -0.15) is 0 Å². The number of carbonyl (C=O) groups excluding carboxylic acids is 1. The Morgan fingerprint density at radius 2 is 2.00 bits per heavy atom. The number of carbonyl (C=O) groups is 1. The lowest BCUT2D eigenvalue weighted by atomic mass is 10.1. The van der Waals surface area contributed by atoms with Gasteiger partial charge in [0.25, 0.3) is 11.5 Å². The lowest BCUT2D eigenvalue weighted by Crippen LogP contribution is -2.57. The topological polar surface area (TPSA) is 114 Å². The molecule has 4 heterocycles. The van der Waals surface area contributed by atoms with E-state index in [1.54, 1.807) is 25.5 Å². The number of piperazine rings is 1. The molecule has 1 aliphatic heterocycles. The molecule has 0 saturated carbocycles. The second-order valence-electron chi connectivity index (χ2n) is 8.22. The molecule has 3 aromatic rings. The molecule has 4 rings (SSSR count). The molecule has 1 saturated heterocycles. The highest BCUT2D eigenvalue weighted by atomic mass is 16.5. The maximum absolute atomic E-state index is 13.6. The van der Waals surface area contributed by atoms with Crippen LogP contribution in [0.2, 0.25) is 0 Å². The molecule has 9 heteroatoms. The summed E-state index contributed by atoms with van der Waals surface area (Å²) in [4.78, 5) is 37.6. The number of pyridine rings is 3. The number of aryl methyl sites for hydroxylation is 1. The third-order valence-electron chi connectivity index (χ3n) is 6.43. The van der Waals surface area contributed by atoms with Gasteiger partial charge in [0, 0.05) is 24.4 Å². The normalized spacial score (nSPS) is 16.7. The quantitative estimate of drug-likeness (QED) is 0.468. The summed E-state index contributed by atoms with van der Waals surface area (Å²) in [5.41, 5.74) is 4.06. The van der Waals surface area contributed by atoms with E-state index in [0.29, 0.717) is 49.4 Å². The monoisotopic (exact) mass is 436 g/mol. The predicted molar refractivity (Wildman–Crippen MR) is 123 cm³/mol. The number of nitrogens with one attached hydrogen (secondary N) is 2. The second-order valence-corrected chi connectivity index (χ2v) is 8.22. The van der Waals surface area contributed by atoms with Crippen molar-refractivity contribution in [2.45, 2.75) is 26.3 Å². The third kappa shape index (κ3) is 4.09. The van der Waals surface area contributed by atoms with Crippen LogP contribution in [0.3, 0.4) is 0 Å². The van der Waals surface area contributed by atoms with Crippen LogP contribution in [0.5, 0.6) is 0 Å². The number of hydrogen-bond donors (Lipinski definition) is 2. The Morgan fingerprint density at radius 1 is 1.25 bits per heavy atom. The standard InChI is InChI=1S/C23H28N6O3/c1-4-16-11-20-21(27-22(16)30)12-17(13-25-20)15(2)29(32)9-7-28(8-10-29)18-5-6-19(26-14-18)23(31)24-3/h5-6,11-15H,4,7-10H2,1-3H3,(H,24,31)(H,27,30)/t15-/m0/s1. The van der Waals surface area contributed by atoms with Gasteiger partial charge in [-0.3, -0.25) is 14.6 Å². The average Bonchev–Trinajstić information content (AvgIpc) is 2.82. The van der Waals surface area contributed by atoms with Crippen molar-refractivity contribution in [2.24, 2.45) is 0 Å². The first-order valence-electron chi connectivity index (χ1n) is 10.9. The molecule has 1 amide bonds. The number of rotatable bonds is 5. The van der Waals surface area contributed by atoms with Crippen LogP contribution in [-0.2, 0) is 6.42 Å². The van der Waals surface area contributed by atoms with Crippen molar-refractivity contribution in [1.29, 1.82) is 0 Å². The summed E-state index contributed by atoms with van der Waals surface area (Å²) in [5, 5.41) is 16.2. The van der Waals surface area contributed by atoms with Crippen LogP contribution in [0.4, 0.5) is 5.69 Å². The summed E-state index contributed by atoms with van der Waals surface area (Å²) < 4.78 is -0.356. The Kier molecular flexibility index (Phi) is 5.94. The van der Waals surface area contributed by atoms with Crippen LogP contribution in [0, 0.1) is 5.21 Å². The van der Waals surface area contributed by atoms with Crippen molar-refractivity contribution in [1.82, 2.24) is 20.3 Å². The zero-order chi connectivity index (χ0) is 22.9.